The van der Waals surface area contributed by atoms with Crippen LogP contribution in [-0.2, 0) is 11.3 Å². The van der Waals surface area contributed by atoms with E-state index in [1.807, 2.05) is 19.1 Å². The van der Waals surface area contributed by atoms with Crippen LogP contribution in [0.5, 0.6) is 0 Å². The molecule has 3 nitrogen and oxygen atoms in total. The second-order valence-electron chi connectivity index (χ2n) is 3.94. The van der Waals surface area contributed by atoms with Crippen LogP contribution in [0, 0.1) is 13.8 Å². The largest absolute Gasteiger partial charge is 0.351 e. The van der Waals surface area contributed by atoms with Crippen LogP contribution in [0.15, 0.2) is 18.2 Å². The Hall–Kier alpha value is -1.35. The summed E-state index contributed by atoms with van der Waals surface area (Å²) < 4.78 is 0. The predicted molar refractivity (Wildman–Crippen MR) is 61.4 cm³/mol. The number of carbonyl (C=O) groups is 1. The molecule has 82 valence electrons. The molecule has 1 amide bonds. The smallest absolute Gasteiger partial charge is 0.236 e. The summed E-state index contributed by atoms with van der Waals surface area (Å²) in [5.41, 5.74) is 9.01. The molecular weight excluding hydrogens is 188 g/mol. The summed E-state index contributed by atoms with van der Waals surface area (Å²) in [5.74, 6) is -0.116. The number of carbonyl (C=O) groups excluding carboxylic acids is 1. The lowest BCUT2D eigenvalue weighted by Gasteiger charge is -2.10. The highest BCUT2D eigenvalue weighted by molar-refractivity contribution is 5.80. The van der Waals surface area contributed by atoms with Crippen molar-refractivity contribution in [3.8, 4) is 0 Å². The molecule has 0 aromatic heterocycles. The molecule has 15 heavy (non-hydrogen) atoms. The third-order valence-electron chi connectivity index (χ3n) is 2.36. The highest BCUT2D eigenvalue weighted by atomic mass is 16.2. The van der Waals surface area contributed by atoms with Gasteiger partial charge >= 0.3 is 0 Å². The zero-order valence-electron chi connectivity index (χ0n) is 9.50. The van der Waals surface area contributed by atoms with Crippen LogP contribution in [0.1, 0.15) is 23.6 Å². The Labute approximate surface area is 90.7 Å². The highest BCUT2D eigenvalue weighted by Gasteiger charge is 2.06. The maximum atomic E-state index is 11.3. The Morgan fingerprint density at radius 1 is 1.47 bits per heavy atom. The van der Waals surface area contributed by atoms with Crippen LogP contribution < -0.4 is 11.1 Å². The van der Waals surface area contributed by atoms with E-state index in [1.54, 1.807) is 6.92 Å². The van der Waals surface area contributed by atoms with Crippen molar-refractivity contribution in [3.05, 3.63) is 34.9 Å². The van der Waals surface area contributed by atoms with Crippen LogP contribution in [0.4, 0.5) is 0 Å². The minimum atomic E-state index is -0.448. The number of hydrogen-bond acceptors (Lipinski definition) is 2. The molecule has 3 N–H and O–H groups in total. The van der Waals surface area contributed by atoms with Gasteiger partial charge in [-0.25, -0.2) is 0 Å². The molecule has 0 aliphatic heterocycles. The first kappa shape index (κ1) is 11.7. The van der Waals surface area contributed by atoms with Gasteiger partial charge in [0.25, 0.3) is 0 Å². The molecule has 3 heteroatoms. The monoisotopic (exact) mass is 206 g/mol. The summed E-state index contributed by atoms with van der Waals surface area (Å²) >= 11 is 0. The second kappa shape index (κ2) is 4.94. The van der Waals surface area contributed by atoms with Crippen molar-refractivity contribution in [1.82, 2.24) is 5.32 Å². The Kier molecular flexibility index (Phi) is 3.86. The fourth-order valence-electron chi connectivity index (χ4n) is 1.39. The van der Waals surface area contributed by atoms with Crippen LogP contribution >= 0.6 is 0 Å². The van der Waals surface area contributed by atoms with Gasteiger partial charge in [-0.1, -0.05) is 23.8 Å². The average Bonchev–Trinajstić information content (AvgIpc) is 2.15. The number of amides is 1. The van der Waals surface area contributed by atoms with Gasteiger partial charge in [-0.3, -0.25) is 4.79 Å². The molecule has 0 heterocycles. The van der Waals surface area contributed by atoms with Crippen molar-refractivity contribution in [2.45, 2.75) is 33.4 Å². The van der Waals surface area contributed by atoms with Gasteiger partial charge < -0.3 is 11.1 Å². The molecule has 0 bridgehead atoms. The Morgan fingerprint density at radius 2 is 2.13 bits per heavy atom. The maximum Gasteiger partial charge on any atom is 0.236 e. The molecule has 1 aromatic carbocycles. The minimum absolute atomic E-state index is 0.116. The first-order valence-corrected chi connectivity index (χ1v) is 5.10. The summed E-state index contributed by atoms with van der Waals surface area (Å²) in [7, 11) is 0. The lowest BCUT2D eigenvalue weighted by Crippen LogP contribution is -2.37. The minimum Gasteiger partial charge on any atom is -0.351 e. The summed E-state index contributed by atoms with van der Waals surface area (Å²) in [4.78, 5) is 11.3. The lowest BCUT2D eigenvalue weighted by atomic mass is 10.1. The maximum absolute atomic E-state index is 11.3. The van der Waals surface area contributed by atoms with E-state index >= 15 is 0 Å². The lowest BCUT2D eigenvalue weighted by molar-refractivity contribution is -0.122. The quantitative estimate of drug-likeness (QED) is 0.782. The van der Waals surface area contributed by atoms with Gasteiger partial charge in [0.15, 0.2) is 0 Å². The zero-order chi connectivity index (χ0) is 11.4. The first-order chi connectivity index (χ1) is 7.00. The summed E-state index contributed by atoms with van der Waals surface area (Å²) in [6.45, 7) is 6.32. The van der Waals surface area contributed by atoms with Crippen LogP contribution in [0.3, 0.4) is 0 Å². The van der Waals surface area contributed by atoms with Crippen molar-refractivity contribution < 1.29 is 4.79 Å². The molecule has 0 saturated carbocycles. The molecule has 1 aromatic rings. The van der Waals surface area contributed by atoms with Crippen molar-refractivity contribution in [2.75, 3.05) is 0 Å². The number of aryl methyl sites for hydroxylation is 2. The van der Waals surface area contributed by atoms with Gasteiger partial charge in [-0.2, -0.15) is 0 Å². The van der Waals surface area contributed by atoms with Crippen LogP contribution in [-0.4, -0.2) is 11.9 Å². The van der Waals surface area contributed by atoms with Gasteiger partial charge in [0.2, 0.25) is 5.91 Å². The number of nitrogens with two attached hydrogens (primary N) is 1. The second-order valence-corrected chi connectivity index (χ2v) is 3.94. The zero-order valence-corrected chi connectivity index (χ0v) is 9.50. The van der Waals surface area contributed by atoms with Gasteiger partial charge in [0.1, 0.15) is 0 Å². The topological polar surface area (TPSA) is 55.1 Å². The van der Waals surface area contributed by atoms with Gasteiger partial charge in [0.05, 0.1) is 6.04 Å². The van der Waals surface area contributed by atoms with Gasteiger partial charge in [-0.05, 0) is 31.9 Å². The summed E-state index contributed by atoms with van der Waals surface area (Å²) in [6.07, 6.45) is 0. The third kappa shape index (κ3) is 3.36. The molecule has 1 atom stereocenters. The van der Waals surface area contributed by atoms with E-state index in [0.717, 1.165) is 5.56 Å². The molecule has 0 aliphatic rings. The molecule has 1 rings (SSSR count). The van der Waals surface area contributed by atoms with Crippen LogP contribution in [0.2, 0.25) is 0 Å². The number of hydrogen-bond donors (Lipinski definition) is 2. The van der Waals surface area contributed by atoms with E-state index in [0.29, 0.717) is 6.54 Å². The van der Waals surface area contributed by atoms with E-state index in [-0.39, 0.29) is 5.91 Å². The van der Waals surface area contributed by atoms with Crippen LogP contribution in [0.25, 0.3) is 0 Å². The van der Waals surface area contributed by atoms with Crippen molar-refractivity contribution in [2.24, 2.45) is 5.73 Å². The SMILES string of the molecule is Cc1ccc(CNC(=O)[C@@H](C)N)c(C)c1. The number of nitrogens with one attached hydrogen (secondary N) is 1. The predicted octanol–water partition coefficient (Wildman–Crippen LogP) is 1.27. The molecule has 0 radical (unpaired) electrons. The van der Waals surface area contributed by atoms with Crippen molar-refractivity contribution in [1.29, 1.82) is 0 Å². The molecule has 0 aliphatic carbocycles. The molecule has 0 unspecified atom stereocenters. The Morgan fingerprint density at radius 3 is 2.67 bits per heavy atom. The van der Waals surface area contributed by atoms with Crippen molar-refractivity contribution in [3.63, 3.8) is 0 Å². The standard InChI is InChI=1S/C12H18N2O/c1-8-4-5-11(9(2)6-8)7-14-12(15)10(3)13/h4-6,10H,7,13H2,1-3H3,(H,14,15)/t10-/m1/s1. The first-order valence-electron chi connectivity index (χ1n) is 5.10. The molecule has 0 spiro atoms. The van der Waals surface area contributed by atoms with E-state index in [9.17, 15) is 4.79 Å². The third-order valence-corrected chi connectivity index (χ3v) is 2.36. The van der Waals surface area contributed by atoms with E-state index in [2.05, 4.69) is 18.3 Å². The summed E-state index contributed by atoms with van der Waals surface area (Å²) in [5, 5.41) is 2.79. The fraction of sp³-hybridized carbons (Fsp3) is 0.417. The van der Waals surface area contributed by atoms with Gasteiger partial charge in [0, 0.05) is 6.54 Å². The molecule has 0 saturated heterocycles. The summed E-state index contributed by atoms with van der Waals surface area (Å²) in [6, 6.07) is 5.73. The fourth-order valence-corrected chi connectivity index (χ4v) is 1.39. The molecular formula is C12H18N2O. The average molecular weight is 206 g/mol. The Bertz CT molecular complexity index is 359. The normalized spacial score (nSPS) is 12.3. The van der Waals surface area contributed by atoms with E-state index in [1.165, 1.54) is 11.1 Å². The number of benzene rings is 1. The van der Waals surface area contributed by atoms with Crippen molar-refractivity contribution >= 4 is 5.91 Å². The highest BCUT2D eigenvalue weighted by Crippen LogP contribution is 2.09. The molecule has 0 fully saturated rings. The van der Waals surface area contributed by atoms with E-state index < -0.39 is 6.04 Å². The van der Waals surface area contributed by atoms with Gasteiger partial charge in [-0.15, -0.1) is 0 Å². The Balaban J connectivity index is 2.62. The number of rotatable bonds is 3. The van der Waals surface area contributed by atoms with E-state index in [4.69, 9.17) is 5.73 Å².